The van der Waals surface area contributed by atoms with Crippen LogP contribution in [-0.4, -0.2) is 26.8 Å². The molecule has 1 aliphatic heterocycles. The Hall–Kier alpha value is -3.15. The summed E-state index contributed by atoms with van der Waals surface area (Å²) in [6.07, 6.45) is 1.76. The van der Waals surface area contributed by atoms with Gasteiger partial charge in [-0.1, -0.05) is 0 Å². The number of carbonyl (C=O) groups excluding carboxylic acids is 1. The summed E-state index contributed by atoms with van der Waals surface area (Å²) in [6, 6.07) is 8.50. The van der Waals surface area contributed by atoms with E-state index in [2.05, 4.69) is 0 Å². The summed E-state index contributed by atoms with van der Waals surface area (Å²) < 4.78 is 21.3. The topological polar surface area (TPSA) is 80.0 Å². The maximum Gasteiger partial charge on any atom is 0.231 e. The molecule has 0 aromatic heterocycles. The molecule has 25 heavy (non-hydrogen) atoms. The van der Waals surface area contributed by atoms with Gasteiger partial charge < -0.3 is 24.7 Å². The van der Waals surface area contributed by atoms with Crippen LogP contribution in [0.1, 0.15) is 22.8 Å². The van der Waals surface area contributed by atoms with Crippen LogP contribution in [0.15, 0.2) is 35.9 Å². The minimum Gasteiger partial charge on any atom is -0.496 e. The van der Waals surface area contributed by atoms with Gasteiger partial charge in [-0.3, -0.25) is 4.79 Å². The van der Waals surface area contributed by atoms with Gasteiger partial charge in [-0.2, -0.15) is 0 Å². The van der Waals surface area contributed by atoms with Crippen LogP contribution in [0.5, 0.6) is 23.0 Å². The summed E-state index contributed by atoms with van der Waals surface area (Å²) in [5.74, 6) is 2.20. The first-order chi connectivity index (χ1) is 12.0. The van der Waals surface area contributed by atoms with E-state index in [0.717, 1.165) is 5.56 Å². The fourth-order valence-electron chi connectivity index (χ4n) is 2.61. The predicted octanol–water partition coefficient (Wildman–Crippen LogP) is 3.30. The van der Waals surface area contributed by atoms with Crippen LogP contribution in [0.25, 0.3) is 6.08 Å². The molecule has 0 unspecified atom stereocenters. The number of methoxy groups -OCH3 is 2. The molecule has 130 valence electrons. The Kier molecular flexibility index (Phi) is 4.52. The lowest BCUT2D eigenvalue weighted by atomic mass is 10.0. The molecule has 0 amide bonds. The number of ketones is 1. The summed E-state index contributed by atoms with van der Waals surface area (Å²) in [5, 5.41) is 0. The second-order valence-electron chi connectivity index (χ2n) is 5.56. The molecule has 0 saturated carbocycles. The van der Waals surface area contributed by atoms with Gasteiger partial charge in [-0.15, -0.1) is 0 Å². The molecule has 0 atom stereocenters. The van der Waals surface area contributed by atoms with Gasteiger partial charge in [0, 0.05) is 17.2 Å². The lowest BCUT2D eigenvalue weighted by Gasteiger charge is -2.09. The number of anilines is 1. The van der Waals surface area contributed by atoms with E-state index in [1.807, 2.05) is 0 Å². The number of hydrogen-bond donors (Lipinski definition) is 1. The van der Waals surface area contributed by atoms with Crippen molar-refractivity contribution >= 4 is 17.5 Å². The van der Waals surface area contributed by atoms with Crippen molar-refractivity contribution in [3.8, 4) is 23.0 Å². The number of benzene rings is 2. The van der Waals surface area contributed by atoms with Gasteiger partial charge in [0.05, 0.1) is 19.9 Å². The largest absolute Gasteiger partial charge is 0.496 e. The third-order valence-electron chi connectivity index (χ3n) is 3.95. The van der Waals surface area contributed by atoms with Crippen molar-refractivity contribution in [3.05, 3.63) is 47.0 Å². The molecule has 1 heterocycles. The maximum absolute atomic E-state index is 12.7. The highest BCUT2D eigenvalue weighted by Crippen LogP contribution is 2.39. The van der Waals surface area contributed by atoms with Gasteiger partial charge >= 0.3 is 0 Å². The van der Waals surface area contributed by atoms with E-state index in [1.54, 1.807) is 50.4 Å². The van der Waals surface area contributed by atoms with Crippen molar-refractivity contribution in [3.63, 3.8) is 0 Å². The van der Waals surface area contributed by atoms with Crippen LogP contribution in [0.3, 0.4) is 0 Å². The lowest BCUT2D eigenvalue weighted by Crippen LogP contribution is -2.03. The van der Waals surface area contributed by atoms with Gasteiger partial charge in [0.2, 0.25) is 6.79 Å². The van der Waals surface area contributed by atoms with E-state index in [1.165, 1.54) is 7.11 Å². The zero-order valence-corrected chi connectivity index (χ0v) is 14.3. The summed E-state index contributed by atoms with van der Waals surface area (Å²) in [4.78, 5) is 12.7. The second kappa shape index (κ2) is 6.76. The molecule has 3 rings (SSSR count). The highest BCUT2D eigenvalue weighted by atomic mass is 16.7. The quantitative estimate of drug-likeness (QED) is 0.511. The Morgan fingerprint density at radius 1 is 1.08 bits per heavy atom. The van der Waals surface area contributed by atoms with Crippen LogP contribution in [-0.2, 0) is 0 Å². The Morgan fingerprint density at radius 3 is 2.44 bits per heavy atom. The zero-order chi connectivity index (χ0) is 18.0. The predicted molar refractivity (Wildman–Crippen MR) is 94.5 cm³/mol. The summed E-state index contributed by atoms with van der Waals surface area (Å²) in [5.41, 5.74) is 8.06. The molecule has 0 spiro atoms. The lowest BCUT2D eigenvalue weighted by molar-refractivity contribution is 0.103. The molecule has 2 aromatic carbocycles. The van der Waals surface area contributed by atoms with Crippen molar-refractivity contribution in [2.45, 2.75) is 6.92 Å². The Balaban J connectivity index is 1.95. The van der Waals surface area contributed by atoms with Crippen molar-refractivity contribution in [1.82, 2.24) is 0 Å². The summed E-state index contributed by atoms with van der Waals surface area (Å²) in [6.45, 7) is 1.92. The number of nitrogens with two attached hydrogens (primary N) is 1. The number of allylic oxidation sites excluding steroid dienone is 1. The van der Waals surface area contributed by atoms with Gasteiger partial charge in [-0.25, -0.2) is 0 Å². The maximum atomic E-state index is 12.7. The minimum atomic E-state index is -0.127. The number of ether oxygens (including phenoxy) is 4. The molecule has 0 radical (unpaired) electrons. The normalized spacial score (nSPS) is 12.8. The molecular weight excluding hydrogens is 322 g/mol. The molecule has 2 aromatic rings. The van der Waals surface area contributed by atoms with Crippen LogP contribution in [0.2, 0.25) is 0 Å². The van der Waals surface area contributed by atoms with E-state index in [4.69, 9.17) is 24.7 Å². The number of hydrogen-bond acceptors (Lipinski definition) is 6. The molecule has 0 aliphatic carbocycles. The average molecular weight is 341 g/mol. The number of Topliss-reactive ketones (excluding diaryl/α,β-unsaturated/α-hetero) is 1. The van der Waals surface area contributed by atoms with Gasteiger partial charge in [0.15, 0.2) is 17.3 Å². The SMILES string of the molecule is COc1cc(C(=O)C(C)=Cc2cc3c(cc2OC)OCO3)ccc1N. The highest BCUT2D eigenvalue weighted by molar-refractivity contribution is 6.11. The molecule has 0 saturated heterocycles. The zero-order valence-electron chi connectivity index (χ0n) is 14.3. The smallest absolute Gasteiger partial charge is 0.231 e. The van der Waals surface area contributed by atoms with Crippen LogP contribution in [0, 0.1) is 0 Å². The van der Waals surface area contributed by atoms with Crippen molar-refractivity contribution < 1.29 is 23.7 Å². The van der Waals surface area contributed by atoms with E-state index in [9.17, 15) is 4.79 Å². The number of rotatable bonds is 5. The fraction of sp³-hybridized carbons (Fsp3) is 0.211. The van der Waals surface area contributed by atoms with E-state index < -0.39 is 0 Å². The summed E-state index contributed by atoms with van der Waals surface area (Å²) >= 11 is 0. The second-order valence-corrected chi connectivity index (χ2v) is 5.56. The third kappa shape index (κ3) is 3.24. The first kappa shape index (κ1) is 16.7. The van der Waals surface area contributed by atoms with E-state index in [0.29, 0.717) is 39.8 Å². The van der Waals surface area contributed by atoms with Crippen LogP contribution in [0.4, 0.5) is 5.69 Å². The Labute approximate surface area is 145 Å². The molecule has 2 N–H and O–H groups in total. The minimum absolute atomic E-state index is 0.127. The van der Waals surface area contributed by atoms with Crippen molar-refractivity contribution in [1.29, 1.82) is 0 Å². The first-order valence-electron chi connectivity index (χ1n) is 7.67. The van der Waals surface area contributed by atoms with Gasteiger partial charge in [0.25, 0.3) is 0 Å². The Morgan fingerprint density at radius 2 is 1.76 bits per heavy atom. The molecule has 6 heteroatoms. The van der Waals surface area contributed by atoms with Crippen molar-refractivity contribution in [2.24, 2.45) is 0 Å². The third-order valence-corrected chi connectivity index (χ3v) is 3.95. The number of carbonyl (C=O) groups is 1. The fourth-order valence-corrected chi connectivity index (χ4v) is 2.61. The van der Waals surface area contributed by atoms with Gasteiger partial charge in [0.1, 0.15) is 11.5 Å². The van der Waals surface area contributed by atoms with E-state index >= 15 is 0 Å². The Bertz CT molecular complexity index is 857. The highest BCUT2D eigenvalue weighted by Gasteiger charge is 2.18. The van der Waals surface area contributed by atoms with E-state index in [-0.39, 0.29) is 12.6 Å². The van der Waals surface area contributed by atoms with Crippen LogP contribution < -0.4 is 24.7 Å². The molecule has 6 nitrogen and oxygen atoms in total. The number of fused-ring (bicyclic) bond motifs is 1. The first-order valence-corrected chi connectivity index (χ1v) is 7.67. The van der Waals surface area contributed by atoms with Gasteiger partial charge in [-0.05, 0) is 42.8 Å². The van der Waals surface area contributed by atoms with Crippen LogP contribution >= 0.6 is 0 Å². The molecular formula is C19H19NO5. The average Bonchev–Trinajstić information content (AvgIpc) is 3.08. The molecule has 0 bridgehead atoms. The molecule has 1 aliphatic rings. The van der Waals surface area contributed by atoms with Crippen molar-refractivity contribution in [2.75, 3.05) is 26.7 Å². The number of nitrogen functional groups attached to an aromatic ring is 1. The standard InChI is InChI=1S/C19H19NO5/c1-11(19(21)12-4-5-14(20)16(7-12)23-3)6-13-8-17-18(25-10-24-17)9-15(13)22-2/h4-9H,10,20H2,1-3H3. The molecule has 0 fully saturated rings. The summed E-state index contributed by atoms with van der Waals surface area (Å²) in [7, 11) is 3.08. The monoisotopic (exact) mass is 341 g/mol.